The Morgan fingerprint density at radius 3 is 2.80 bits per heavy atom. The fourth-order valence-corrected chi connectivity index (χ4v) is 3.56. The smallest absolute Gasteiger partial charge is 0.545 e. The number of carbonyl (C=O) groups excluding carboxylic acids is 1. The molecule has 0 bridgehead atoms. The molecule has 0 aliphatic heterocycles. The third-order valence-electron chi connectivity index (χ3n) is 4.01. The summed E-state index contributed by atoms with van der Waals surface area (Å²) in [7, 11) is 1.63. The van der Waals surface area contributed by atoms with Crippen molar-refractivity contribution in [1.82, 2.24) is 12.7 Å². The van der Waals surface area contributed by atoms with E-state index in [1.807, 2.05) is 27.2 Å². The van der Waals surface area contributed by atoms with E-state index in [-0.39, 0.29) is 56.9 Å². The Bertz CT molecular complexity index is 1100. The van der Waals surface area contributed by atoms with Crippen LogP contribution in [0.1, 0.15) is 10.4 Å². The number of halogens is 1. The quantitative estimate of drug-likeness (QED) is 0.331. The van der Waals surface area contributed by atoms with Crippen molar-refractivity contribution >= 4 is 50.8 Å². The summed E-state index contributed by atoms with van der Waals surface area (Å²) in [6.07, 6.45) is 3.44. The van der Waals surface area contributed by atoms with E-state index < -0.39 is 5.97 Å². The molecule has 0 amide bonds. The maximum absolute atomic E-state index is 11.3. The van der Waals surface area contributed by atoms with E-state index in [0.29, 0.717) is 11.0 Å². The van der Waals surface area contributed by atoms with Gasteiger partial charge in [-0.2, -0.15) is 0 Å². The number of hydrogen-bond acceptors (Lipinski definition) is 4. The molecule has 0 saturated heterocycles. The van der Waals surface area contributed by atoms with Gasteiger partial charge < -0.3 is 19.6 Å². The second-order valence-electron chi connectivity index (χ2n) is 5.33. The van der Waals surface area contributed by atoms with Gasteiger partial charge in [0.25, 0.3) is 0 Å². The van der Waals surface area contributed by atoms with Crippen LogP contribution < -0.4 is 61.2 Å². The fourth-order valence-electron chi connectivity index (χ4n) is 2.86. The minimum atomic E-state index is -1.22. The summed E-state index contributed by atoms with van der Waals surface area (Å²) in [6, 6.07) is 9.08. The number of aromatic carboxylic acids is 1. The number of nitrogens with one attached hydrogen (secondary N) is 1. The van der Waals surface area contributed by atoms with Crippen molar-refractivity contribution in [2.75, 3.05) is 7.11 Å². The minimum Gasteiger partial charge on any atom is -0.545 e. The Labute approximate surface area is 199 Å². The van der Waals surface area contributed by atoms with Crippen LogP contribution in [0, 0.1) is 0 Å². The third kappa shape index (κ3) is 3.26. The van der Waals surface area contributed by atoms with Gasteiger partial charge in [-0.1, -0.05) is 0 Å². The molecule has 0 unspecified atom stereocenters. The molecule has 3 aromatic heterocycles. The van der Waals surface area contributed by atoms with Crippen LogP contribution in [-0.2, 0) is 0 Å². The molecule has 1 aromatic carbocycles. The summed E-state index contributed by atoms with van der Waals surface area (Å²) in [6.45, 7) is 0. The van der Waals surface area contributed by atoms with Crippen LogP contribution in [0.15, 0.2) is 42.7 Å². The van der Waals surface area contributed by atoms with E-state index in [1.54, 1.807) is 13.2 Å². The second-order valence-corrected chi connectivity index (χ2v) is 6.37. The molecule has 8 heteroatoms. The van der Waals surface area contributed by atoms with E-state index >= 15 is 0 Å². The molecule has 0 radical (unpaired) electrons. The molecule has 0 atom stereocenters. The number of H-pyrrole nitrogens is 1. The van der Waals surface area contributed by atoms with E-state index in [9.17, 15) is 9.90 Å². The zero-order valence-electron chi connectivity index (χ0n) is 13.5. The molecule has 0 saturated carbocycles. The number of hydrogen-bond donors (Lipinski definition) is 1. The summed E-state index contributed by atoms with van der Waals surface area (Å²) in [5.74, 6) is -0.457. The topological polar surface area (TPSA) is 83.0 Å². The van der Waals surface area contributed by atoms with Gasteiger partial charge in [0.05, 0.1) is 41.5 Å². The van der Waals surface area contributed by atoms with Crippen LogP contribution in [0.2, 0.25) is 0 Å². The number of carbonyl (C=O) groups is 1. The first-order valence-corrected chi connectivity index (χ1v) is 8.09. The number of ether oxygens (including phenoxy) is 1. The number of carboxylic acids is 1. The Morgan fingerprint density at radius 1 is 1.28 bits per heavy atom. The SMILES string of the molecule is COc1ccc2c(c1)c(-c1cc3c(C(=O)[O-])ccnc3[nH]1)cn2I.[K+]. The molecule has 4 aromatic rings. The second kappa shape index (κ2) is 7.37. The molecule has 0 spiro atoms. The van der Waals surface area contributed by atoms with Gasteiger partial charge in [0, 0.05) is 40.0 Å². The van der Waals surface area contributed by atoms with Crippen molar-refractivity contribution in [3.05, 3.63) is 48.3 Å². The number of rotatable bonds is 3. The molecule has 6 nitrogen and oxygen atoms in total. The summed E-state index contributed by atoms with van der Waals surface area (Å²) in [5, 5.41) is 12.8. The number of benzene rings is 1. The van der Waals surface area contributed by atoms with Gasteiger partial charge in [0.2, 0.25) is 0 Å². The molecule has 120 valence electrons. The predicted molar refractivity (Wildman–Crippen MR) is 97.3 cm³/mol. The van der Waals surface area contributed by atoms with Crippen molar-refractivity contribution < 1.29 is 66.0 Å². The molecule has 4 rings (SSSR count). The van der Waals surface area contributed by atoms with E-state index in [4.69, 9.17) is 4.74 Å². The van der Waals surface area contributed by atoms with Crippen LogP contribution in [0.4, 0.5) is 0 Å². The van der Waals surface area contributed by atoms with Crippen molar-refractivity contribution in [2.24, 2.45) is 0 Å². The number of methoxy groups -OCH3 is 1. The summed E-state index contributed by atoms with van der Waals surface area (Å²) in [5.41, 5.74) is 3.42. The minimum absolute atomic E-state index is 0. The summed E-state index contributed by atoms with van der Waals surface area (Å²) in [4.78, 5) is 18.7. The van der Waals surface area contributed by atoms with Crippen molar-refractivity contribution in [3.63, 3.8) is 0 Å². The van der Waals surface area contributed by atoms with Crippen LogP contribution in [0.5, 0.6) is 5.75 Å². The third-order valence-corrected chi connectivity index (χ3v) is 4.81. The van der Waals surface area contributed by atoms with Gasteiger partial charge >= 0.3 is 51.4 Å². The number of fused-ring (bicyclic) bond motifs is 2. The number of nitrogens with zero attached hydrogens (tertiary/aromatic N) is 2. The number of aromatic nitrogens is 3. The molecular formula is C17H11IKN3O3. The average molecular weight is 471 g/mol. The first kappa shape index (κ1) is 18.9. The molecule has 3 heterocycles. The first-order valence-electron chi connectivity index (χ1n) is 7.13. The van der Waals surface area contributed by atoms with Crippen LogP contribution in [0.3, 0.4) is 0 Å². The predicted octanol–water partition coefficient (Wildman–Crippen LogP) is -0.241. The van der Waals surface area contributed by atoms with Gasteiger partial charge in [-0.3, -0.25) is 2.78 Å². The summed E-state index contributed by atoms with van der Waals surface area (Å²) < 4.78 is 7.30. The normalized spacial score (nSPS) is 10.8. The maximum Gasteiger partial charge on any atom is 1.00 e. The Hall–Kier alpha value is -0.914. The number of aromatic amines is 1. The maximum atomic E-state index is 11.3. The molecular weight excluding hydrogens is 460 g/mol. The number of carboxylic acid groups (broad SMARTS) is 1. The van der Waals surface area contributed by atoms with Crippen molar-refractivity contribution in [2.45, 2.75) is 0 Å². The molecule has 25 heavy (non-hydrogen) atoms. The van der Waals surface area contributed by atoms with Crippen molar-refractivity contribution in [3.8, 4) is 17.0 Å². The molecule has 1 N–H and O–H groups in total. The van der Waals surface area contributed by atoms with E-state index in [2.05, 4.69) is 32.8 Å². The first-order chi connectivity index (χ1) is 11.6. The largest absolute Gasteiger partial charge is 1.00 e. The van der Waals surface area contributed by atoms with Gasteiger partial charge in [-0.15, -0.1) is 0 Å². The van der Waals surface area contributed by atoms with Crippen LogP contribution in [0.25, 0.3) is 33.2 Å². The average Bonchev–Trinajstić information content (AvgIpc) is 3.15. The fraction of sp³-hybridized carbons (Fsp3) is 0.0588. The van der Waals surface area contributed by atoms with E-state index in [1.165, 1.54) is 12.3 Å². The molecule has 0 fully saturated rings. The van der Waals surface area contributed by atoms with Gasteiger partial charge in [0.15, 0.2) is 0 Å². The van der Waals surface area contributed by atoms with Crippen LogP contribution in [-0.4, -0.2) is 25.8 Å². The molecule has 0 aliphatic rings. The monoisotopic (exact) mass is 471 g/mol. The van der Waals surface area contributed by atoms with Gasteiger partial charge in [-0.05, 0) is 30.3 Å². The Balaban J connectivity index is 0.00000182. The Morgan fingerprint density at radius 2 is 2.08 bits per heavy atom. The van der Waals surface area contributed by atoms with Crippen LogP contribution >= 0.6 is 22.9 Å². The Kier molecular flexibility index (Phi) is 5.56. The van der Waals surface area contributed by atoms with E-state index in [0.717, 1.165) is 27.9 Å². The molecule has 0 aliphatic carbocycles. The zero-order valence-corrected chi connectivity index (χ0v) is 18.8. The number of pyridine rings is 1. The van der Waals surface area contributed by atoms with Gasteiger partial charge in [0.1, 0.15) is 11.4 Å². The zero-order chi connectivity index (χ0) is 16.8. The van der Waals surface area contributed by atoms with Crippen molar-refractivity contribution in [1.29, 1.82) is 0 Å². The van der Waals surface area contributed by atoms with Gasteiger partial charge in [-0.25, -0.2) is 4.98 Å². The summed E-state index contributed by atoms with van der Waals surface area (Å²) >= 11 is 2.21. The standard InChI is InChI=1S/C17H12IN3O3.K/c1-24-9-2-3-15-11(6-9)13(8-21(15)18)14-7-12-10(17(22)23)4-5-19-16(12)20-14;/h2-8H,1H3,(H,19,20)(H,22,23);/q;+1/p-1.